The molecule has 0 spiro atoms. The van der Waals surface area contributed by atoms with Crippen molar-refractivity contribution < 1.29 is 0 Å². The van der Waals surface area contributed by atoms with Gasteiger partial charge in [-0.25, -0.2) is 0 Å². The summed E-state index contributed by atoms with van der Waals surface area (Å²) in [6, 6.07) is 0. The quantitative estimate of drug-likeness (QED) is 0.388. The predicted molar refractivity (Wildman–Crippen MR) is 84.1 cm³/mol. The van der Waals surface area contributed by atoms with Crippen LogP contribution in [0, 0.1) is 5.41 Å². The Morgan fingerprint density at radius 2 is 1.39 bits per heavy atom. The average Bonchev–Trinajstić information content (AvgIpc) is 2.24. The first-order valence-corrected chi connectivity index (χ1v) is 7.77. The fourth-order valence-corrected chi connectivity index (χ4v) is 2.02. The molecule has 0 atom stereocenters. The lowest BCUT2D eigenvalue weighted by Gasteiger charge is -2.18. The van der Waals surface area contributed by atoms with Gasteiger partial charge in [-0.1, -0.05) is 58.4 Å². The molecule has 1 N–H and O–H groups in total. The number of nitrogens with one attached hydrogen (secondary N) is 1. The second-order valence-corrected chi connectivity index (χ2v) is 6.92. The van der Waals surface area contributed by atoms with Crippen LogP contribution in [0.4, 0.5) is 0 Å². The van der Waals surface area contributed by atoms with Gasteiger partial charge in [-0.2, -0.15) is 0 Å². The minimum Gasteiger partial charge on any atom is -0.316 e. The van der Waals surface area contributed by atoms with Crippen LogP contribution in [0.5, 0.6) is 0 Å². The van der Waals surface area contributed by atoms with Crippen molar-refractivity contribution in [1.29, 1.82) is 0 Å². The van der Waals surface area contributed by atoms with Crippen LogP contribution < -0.4 is 5.32 Å². The summed E-state index contributed by atoms with van der Waals surface area (Å²) in [4.78, 5) is 0. The van der Waals surface area contributed by atoms with Gasteiger partial charge in [-0.05, 0) is 44.7 Å². The maximum Gasteiger partial charge on any atom is -0.0000126 e. The highest BCUT2D eigenvalue weighted by molar-refractivity contribution is 4.86. The van der Waals surface area contributed by atoms with Gasteiger partial charge in [0.2, 0.25) is 0 Å². The Balaban J connectivity index is 3.06. The molecule has 0 bridgehead atoms. The highest BCUT2D eigenvalue weighted by Gasteiger charge is 2.07. The molecule has 0 aliphatic heterocycles. The highest BCUT2D eigenvalue weighted by atomic mass is 14.9. The van der Waals surface area contributed by atoms with Crippen molar-refractivity contribution in [2.24, 2.45) is 5.41 Å². The molecule has 0 fully saturated rings. The van der Waals surface area contributed by atoms with Gasteiger partial charge in [0.1, 0.15) is 0 Å². The normalized spacial score (nSPS) is 11.8. The lowest BCUT2D eigenvalue weighted by atomic mass is 9.97. The molecule has 0 aromatic rings. The number of rotatable bonds is 11. The van der Waals surface area contributed by atoms with Gasteiger partial charge in [0, 0.05) is 0 Å². The average molecular weight is 253 g/mol. The molecule has 108 valence electrons. The van der Waals surface area contributed by atoms with E-state index in [1.807, 2.05) is 0 Å². The number of unbranched alkanes of at least 4 members (excludes halogenated alkanes) is 6. The van der Waals surface area contributed by atoms with Crippen molar-refractivity contribution >= 4 is 0 Å². The molecule has 0 heterocycles. The second-order valence-electron chi connectivity index (χ2n) is 6.92. The van der Waals surface area contributed by atoms with E-state index >= 15 is 0 Å². The Hall–Kier alpha value is -0.300. The number of hydrogen-bond acceptors (Lipinski definition) is 1. The third kappa shape index (κ3) is 15.7. The summed E-state index contributed by atoms with van der Waals surface area (Å²) >= 11 is 0. The molecular weight excluding hydrogens is 218 g/mol. The zero-order chi connectivity index (χ0) is 13.9. The molecular formula is C17H35N. The second kappa shape index (κ2) is 10.6. The Morgan fingerprint density at radius 3 is 1.89 bits per heavy atom. The number of hydrogen-bond donors (Lipinski definition) is 1. The Labute approximate surface area is 115 Å². The van der Waals surface area contributed by atoms with E-state index in [-0.39, 0.29) is 0 Å². The van der Waals surface area contributed by atoms with Gasteiger partial charge in [-0.3, -0.25) is 0 Å². The summed E-state index contributed by atoms with van der Waals surface area (Å²) in [5.74, 6) is 0. The fourth-order valence-electron chi connectivity index (χ4n) is 2.02. The minimum atomic E-state index is 0.420. The van der Waals surface area contributed by atoms with Gasteiger partial charge in [0.05, 0.1) is 0 Å². The topological polar surface area (TPSA) is 12.0 Å². The molecule has 0 aromatic carbocycles. The Bertz CT molecular complexity index is 200. The molecule has 0 aliphatic rings. The Kier molecular flexibility index (Phi) is 10.4. The van der Waals surface area contributed by atoms with E-state index < -0.39 is 0 Å². The van der Waals surface area contributed by atoms with Crippen LogP contribution in [-0.2, 0) is 0 Å². The lowest BCUT2D eigenvalue weighted by Crippen LogP contribution is -2.27. The summed E-state index contributed by atoms with van der Waals surface area (Å²) in [5.41, 5.74) is 1.75. The van der Waals surface area contributed by atoms with Crippen molar-refractivity contribution in [2.75, 3.05) is 13.1 Å². The predicted octanol–water partition coefficient (Wildman–Crippen LogP) is 5.32. The summed E-state index contributed by atoms with van der Waals surface area (Å²) in [7, 11) is 0. The smallest absolute Gasteiger partial charge is 0.0000126 e. The minimum absolute atomic E-state index is 0.420. The van der Waals surface area contributed by atoms with E-state index in [1.165, 1.54) is 63.5 Å². The summed E-state index contributed by atoms with van der Waals surface area (Å²) in [6.07, 6.45) is 10.9. The molecule has 0 saturated carbocycles. The largest absolute Gasteiger partial charge is 0.316 e. The van der Waals surface area contributed by atoms with Crippen LogP contribution in [0.15, 0.2) is 12.2 Å². The van der Waals surface area contributed by atoms with Gasteiger partial charge < -0.3 is 5.32 Å². The third-order valence-corrected chi connectivity index (χ3v) is 3.11. The monoisotopic (exact) mass is 253 g/mol. The molecule has 0 aromatic heterocycles. The van der Waals surface area contributed by atoms with E-state index in [1.54, 1.807) is 0 Å². The van der Waals surface area contributed by atoms with Crippen LogP contribution in [0.25, 0.3) is 0 Å². The first-order chi connectivity index (χ1) is 8.42. The molecule has 0 amide bonds. The van der Waals surface area contributed by atoms with Crippen LogP contribution in [-0.4, -0.2) is 13.1 Å². The van der Waals surface area contributed by atoms with Gasteiger partial charge in [-0.15, -0.1) is 6.58 Å². The first kappa shape index (κ1) is 17.7. The first-order valence-electron chi connectivity index (χ1n) is 7.77. The summed E-state index contributed by atoms with van der Waals surface area (Å²) in [6.45, 7) is 15.2. The highest BCUT2D eigenvalue weighted by Crippen LogP contribution is 2.12. The van der Waals surface area contributed by atoms with Crippen molar-refractivity contribution in [3.8, 4) is 0 Å². The zero-order valence-corrected chi connectivity index (χ0v) is 13.3. The van der Waals surface area contributed by atoms with Crippen LogP contribution in [0.3, 0.4) is 0 Å². The molecule has 0 unspecified atom stereocenters. The fraction of sp³-hybridized carbons (Fsp3) is 0.882. The molecule has 0 saturated heterocycles. The summed E-state index contributed by atoms with van der Waals surface area (Å²) in [5, 5.41) is 3.54. The molecule has 18 heavy (non-hydrogen) atoms. The molecule has 1 nitrogen and oxygen atoms in total. The van der Waals surface area contributed by atoms with E-state index in [0.29, 0.717) is 5.41 Å². The third-order valence-electron chi connectivity index (χ3n) is 3.11. The van der Waals surface area contributed by atoms with Gasteiger partial charge in [0.15, 0.2) is 0 Å². The van der Waals surface area contributed by atoms with Crippen molar-refractivity contribution in [3.63, 3.8) is 0 Å². The molecule has 0 rings (SSSR count). The molecule has 1 heteroatoms. The zero-order valence-electron chi connectivity index (χ0n) is 13.3. The lowest BCUT2D eigenvalue weighted by molar-refractivity contribution is 0.377. The van der Waals surface area contributed by atoms with E-state index in [2.05, 4.69) is 39.6 Å². The van der Waals surface area contributed by atoms with Crippen LogP contribution >= 0.6 is 0 Å². The standard InChI is InChI=1S/C17H35N/c1-16(2)13-11-9-7-6-8-10-12-14-18-15-17(3,4)5/h18H,1,6-15H2,2-5H3. The maximum atomic E-state index is 3.94. The Morgan fingerprint density at radius 1 is 0.889 bits per heavy atom. The molecule has 0 radical (unpaired) electrons. The van der Waals surface area contributed by atoms with Crippen molar-refractivity contribution in [3.05, 3.63) is 12.2 Å². The van der Waals surface area contributed by atoms with Crippen LogP contribution in [0.1, 0.15) is 79.1 Å². The van der Waals surface area contributed by atoms with E-state index in [4.69, 9.17) is 0 Å². The maximum absolute atomic E-state index is 3.94. The van der Waals surface area contributed by atoms with Gasteiger partial charge in [0.25, 0.3) is 0 Å². The SMILES string of the molecule is C=C(C)CCCCCCCCCNCC(C)(C)C. The summed E-state index contributed by atoms with van der Waals surface area (Å²) < 4.78 is 0. The van der Waals surface area contributed by atoms with Crippen molar-refractivity contribution in [2.45, 2.75) is 79.1 Å². The molecule has 0 aliphatic carbocycles. The van der Waals surface area contributed by atoms with Crippen molar-refractivity contribution in [1.82, 2.24) is 5.32 Å². The van der Waals surface area contributed by atoms with Gasteiger partial charge >= 0.3 is 0 Å². The van der Waals surface area contributed by atoms with E-state index in [0.717, 1.165) is 6.54 Å². The van der Waals surface area contributed by atoms with E-state index in [9.17, 15) is 0 Å². The van der Waals surface area contributed by atoms with Crippen LogP contribution in [0.2, 0.25) is 0 Å². The number of allylic oxidation sites excluding steroid dienone is 1.